The predicted molar refractivity (Wildman–Crippen MR) is 241 cm³/mol. The highest BCUT2D eigenvalue weighted by Crippen LogP contribution is 2.38. The summed E-state index contributed by atoms with van der Waals surface area (Å²) >= 11 is 6.73. The maximum Gasteiger partial charge on any atom is 0.348 e. The number of phenolic OH excluding ortho intramolecular Hbond substituents is 2. The first-order valence-corrected chi connectivity index (χ1v) is 21.2. The van der Waals surface area contributed by atoms with E-state index in [9.17, 15) is 29.9 Å². The summed E-state index contributed by atoms with van der Waals surface area (Å²) in [5.74, 6) is -0.641. The number of piperazine rings is 1. The van der Waals surface area contributed by atoms with E-state index >= 15 is 4.39 Å². The van der Waals surface area contributed by atoms with Crippen LogP contribution >= 0.6 is 11.6 Å². The van der Waals surface area contributed by atoms with E-state index in [0.717, 1.165) is 38.4 Å². The van der Waals surface area contributed by atoms with Gasteiger partial charge in [0.05, 0.1) is 47.0 Å². The summed E-state index contributed by atoms with van der Waals surface area (Å²) in [6, 6.07) is 20.5. The molecule has 16 nitrogen and oxygen atoms in total. The molecule has 64 heavy (non-hydrogen) atoms. The van der Waals surface area contributed by atoms with Crippen LogP contribution in [0.25, 0.3) is 27.8 Å². The van der Waals surface area contributed by atoms with Crippen LogP contribution in [0.3, 0.4) is 0 Å². The number of benzene rings is 4. The van der Waals surface area contributed by atoms with Gasteiger partial charge in [-0.2, -0.15) is 15.3 Å². The number of aromatic nitrogens is 5. The molecular weight excluding hydrogens is 841 g/mol. The van der Waals surface area contributed by atoms with E-state index in [2.05, 4.69) is 43.3 Å². The van der Waals surface area contributed by atoms with Gasteiger partial charge in [0.1, 0.15) is 23.1 Å². The number of amides is 2. The Morgan fingerprint density at radius 3 is 2.62 bits per heavy atom. The maximum absolute atomic E-state index is 15.5. The topological polar surface area (TPSA) is 209 Å². The number of carbonyl (C=O) groups excluding carboxylic acids is 2. The van der Waals surface area contributed by atoms with Crippen LogP contribution in [0.15, 0.2) is 84.2 Å². The van der Waals surface area contributed by atoms with E-state index < -0.39 is 11.5 Å². The van der Waals surface area contributed by atoms with Crippen LogP contribution in [-0.2, 0) is 35.5 Å². The number of aryl methyl sites for hydroxylation is 1. The molecule has 6 aromatic rings. The first-order valence-electron chi connectivity index (χ1n) is 20.9. The average Bonchev–Trinajstić information content (AvgIpc) is 3.68. The van der Waals surface area contributed by atoms with Gasteiger partial charge in [0, 0.05) is 74.0 Å². The number of phenols is 2. The molecule has 0 aliphatic carbocycles. The lowest BCUT2D eigenvalue weighted by atomic mass is 10.0. The number of aromatic hydroxyl groups is 2. The summed E-state index contributed by atoms with van der Waals surface area (Å²) in [5, 5.41) is 45.3. The Morgan fingerprint density at radius 1 is 1.05 bits per heavy atom. The third kappa shape index (κ3) is 8.64. The quantitative estimate of drug-likeness (QED) is 0.0881. The van der Waals surface area contributed by atoms with Crippen molar-refractivity contribution in [2.75, 3.05) is 47.8 Å². The van der Waals surface area contributed by atoms with Crippen molar-refractivity contribution in [2.24, 2.45) is 0 Å². The second-order valence-electron chi connectivity index (χ2n) is 15.5. The van der Waals surface area contributed by atoms with Gasteiger partial charge in [0.15, 0.2) is 5.82 Å². The number of anilines is 3. The van der Waals surface area contributed by atoms with Crippen molar-refractivity contribution < 1.29 is 24.2 Å². The molecule has 328 valence electrons. The van der Waals surface area contributed by atoms with Crippen LogP contribution in [0.1, 0.15) is 42.1 Å². The number of H-pyrrole nitrogens is 1. The highest BCUT2D eigenvalue weighted by Gasteiger charge is 2.33. The summed E-state index contributed by atoms with van der Waals surface area (Å²) in [7, 11) is 0. The molecule has 18 heteroatoms. The number of hydrogen-bond donors (Lipinski definition) is 5. The molecule has 1 saturated heterocycles. The second kappa shape index (κ2) is 18.5. The second-order valence-corrected chi connectivity index (χ2v) is 16.0. The number of rotatable bonds is 13. The molecule has 4 heterocycles. The molecule has 1 fully saturated rings. The molecule has 4 aromatic carbocycles. The Morgan fingerprint density at radius 2 is 1.86 bits per heavy atom. The lowest BCUT2D eigenvalue weighted by molar-refractivity contribution is -0.128. The molecule has 2 aliphatic heterocycles. The summed E-state index contributed by atoms with van der Waals surface area (Å²) < 4.78 is 16.6. The van der Waals surface area contributed by atoms with Crippen LogP contribution in [0.5, 0.6) is 11.5 Å². The minimum atomic E-state index is -0.680. The summed E-state index contributed by atoms with van der Waals surface area (Å²) in [4.78, 5) is 54.5. The number of hydrogen-bond acceptors (Lipinski definition) is 12. The fraction of sp³-hybridized carbons (Fsp3) is 0.283. The molecule has 0 saturated carbocycles. The molecule has 0 spiro atoms. The number of halogens is 2. The Labute approximate surface area is 372 Å². The minimum Gasteiger partial charge on any atom is -0.508 e. The standard InChI is InChI=1S/C46H45ClFN11O5/c1-3-27-21-33(39(61)23-38(27)60)44-54-55-46(64)59(44)30-12-11-29(35(48)22-30)24-51-40(62)14-17-50-45-52-36-26-56(37-10-6-8-28-7-5-9-34(47)42(28)37)18-15-32(36)43(53-45)57-19-20-58(41(63)4-2)31(25-57)13-16-49/h4-12,21-23,31,60-61H,2-3,13-15,17-20,24-26H2,1H3,(H,51,62)(H,55,64)(H,50,52,53). The molecule has 8 rings (SSSR count). The lowest BCUT2D eigenvalue weighted by Crippen LogP contribution is -2.55. The zero-order valence-electron chi connectivity index (χ0n) is 34.9. The molecule has 5 N–H and O–H groups in total. The summed E-state index contributed by atoms with van der Waals surface area (Å²) in [6.07, 6.45) is 2.50. The van der Waals surface area contributed by atoms with Crippen LogP contribution in [0, 0.1) is 17.1 Å². The molecule has 0 radical (unpaired) electrons. The van der Waals surface area contributed by atoms with Crippen molar-refractivity contribution in [3.05, 3.63) is 123 Å². The first-order chi connectivity index (χ1) is 31.0. The van der Waals surface area contributed by atoms with Crippen molar-refractivity contribution in [3.8, 4) is 34.6 Å². The van der Waals surface area contributed by atoms with Crippen molar-refractivity contribution in [1.29, 1.82) is 5.26 Å². The van der Waals surface area contributed by atoms with Crippen LogP contribution in [0.2, 0.25) is 5.02 Å². The number of aromatic amines is 1. The van der Waals surface area contributed by atoms with Crippen LogP contribution in [0.4, 0.5) is 21.8 Å². The molecule has 2 aliphatic rings. The fourth-order valence-electron chi connectivity index (χ4n) is 8.42. The largest absolute Gasteiger partial charge is 0.508 e. The van der Waals surface area contributed by atoms with Crippen molar-refractivity contribution >= 4 is 51.6 Å². The van der Waals surface area contributed by atoms with Gasteiger partial charge in [-0.05, 0) is 60.2 Å². The third-order valence-corrected chi connectivity index (χ3v) is 12.0. The highest BCUT2D eigenvalue weighted by molar-refractivity contribution is 6.36. The van der Waals surface area contributed by atoms with Gasteiger partial charge in [0.2, 0.25) is 17.8 Å². The van der Waals surface area contributed by atoms with E-state index in [1.807, 2.05) is 43.3 Å². The number of carbonyl (C=O) groups is 2. The van der Waals surface area contributed by atoms with Gasteiger partial charge < -0.3 is 35.5 Å². The number of nitrogens with zero attached hydrogens (tertiary/aromatic N) is 8. The van der Waals surface area contributed by atoms with E-state index in [-0.39, 0.29) is 77.9 Å². The Kier molecular flexibility index (Phi) is 12.5. The predicted octanol–water partition coefficient (Wildman–Crippen LogP) is 5.73. The Hall–Kier alpha value is -7.45. The average molecular weight is 886 g/mol. The maximum atomic E-state index is 15.5. The fourth-order valence-corrected chi connectivity index (χ4v) is 8.70. The van der Waals surface area contributed by atoms with E-state index in [1.54, 1.807) is 4.90 Å². The van der Waals surface area contributed by atoms with Crippen LogP contribution < -0.4 is 26.1 Å². The van der Waals surface area contributed by atoms with Crippen molar-refractivity contribution in [1.82, 2.24) is 34.9 Å². The SMILES string of the molecule is C=CC(=O)N1CCN(c2nc(NCCC(=O)NCc3ccc(-n4c(-c5cc(CC)c(O)cc5O)n[nH]c4=O)cc3F)nc3c2CCN(c2cccc4cccc(Cl)c24)C3)CC1CC#N. The first kappa shape index (κ1) is 43.2. The van der Waals surface area contributed by atoms with Gasteiger partial charge in [-0.1, -0.05) is 55.4 Å². The van der Waals surface area contributed by atoms with E-state index in [0.29, 0.717) is 67.9 Å². The van der Waals surface area contributed by atoms with Gasteiger partial charge >= 0.3 is 5.69 Å². The molecular formula is C46H45ClFN11O5. The van der Waals surface area contributed by atoms with Gasteiger partial charge in [0.25, 0.3) is 0 Å². The zero-order chi connectivity index (χ0) is 45.1. The molecule has 1 atom stereocenters. The number of nitriles is 1. The molecule has 2 aromatic heterocycles. The third-order valence-electron chi connectivity index (χ3n) is 11.7. The van der Waals surface area contributed by atoms with Gasteiger partial charge in [-0.3, -0.25) is 9.59 Å². The van der Waals surface area contributed by atoms with Gasteiger partial charge in [-0.15, -0.1) is 0 Å². The normalized spacial score (nSPS) is 14.8. The van der Waals surface area contributed by atoms with E-state index in [4.69, 9.17) is 21.6 Å². The Balaban J connectivity index is 0.975. The minimum absolute atomic E-state index is 0.00629. The zero-order valence-corrected chi connectivity index (χ0v) is 35.7. The van der Waals surface area contributed by atoms with Crippen molar-refractivity contribution in [3.63, 3.8) is 0 Å². The van der Waals surface area contributed by atoms with Crippen LogP contribution in [-0.4, -0.2) is 90.4 Å². The van der Waals surface area contributed by atoms with E-state index in [1.165, 1.54) is 30.3 Å². The Bertz CT molecular complexity index is 2890. The van der Waals surface area contributed by atoms with Crippen molar-refractivity contribution in [2.45, 2.75) is 51.7 Å². The summed E-state index contributed by atoms with van der Waals surface area (Å²) in [6.45, 7) is 7.88. The number of nitrogens with one attached hydrogen (secondary N) is 3. The molecule has 0 bridgehead atoms. The molecule has 2 amide bonds. The lowest BCUT2D eigenvalue weighted by Gasteiger charge is -2.42. The smallest absolute Gasteiger partial charge is 0.348 e. The molecule has 1 unspecified atom stereocenters. The highest BCUT2D eigenvalue weighted by atomic mass is 35.5. The monoisotopic (exact) mass is 885 g/mol. The van der Waals surface area contributed by atoms with Gasteiger partial charge in [-0.25, -0.2) is 23.8 Å². The summed E-state index contributed by atoms with van der Waals surface area (Å²) in [5.41, 5.74) is 3.09. The number of fused-ring (bicyclic) bond motifs is 2.